The van der Waals surface area contributed by atoms with E-state index in [4.69, 9.17) is 0 Å². The third-order valence-corrected chi connectivity index (χ3v) is 8.77. The second-order valence-corrected chi connectivity index (χ2v) is 10.4. The predicted molar refractivity (Wildman–Crippen MR) is 115 cm³/mol. The summed E-state index contributed by atoms with van der Waals surface area (Å²) in [6.07, 6.45) is 0.848. The number of hydrogen-bond acceptors (Lipinski definition) is 6. The summed E-state index contributed by atoms with van der Waals surface area (Å²) in [5.74, 6) is -0.227. The van der Waals surface area contributed by atoms with E-state index in [0.29, 0.717) is 18.4 Å². The standard InChI is InChI=1S/C20H25N3O5S2/c1-14-6-7-17(23(25)26)13-19(14)30(27,28)22-10-8-16(9-11-22)20(24)21(3)15(2)18-5-4-12-29-18/h4-7,12-13,15-16H,8-11H2,1-3H3. The van der Waals surface area contributed by atoms with Crippen LogP contribution in [0.25, 0.3) is 0 Å². The van der Waals surface area contributed by atoms with Crippen molar-refractivity contribution in [1.29, 1.82) is 0 Å². The molecule has 2 aromatic rings. The number of nitro groups is 1. The summed E-state index contributed by atoms with van der Waals surface area (Å²) in [6.45, 7) is 4.02. The molecule has 0 N–H and O–H groups in total. The van der Waals surface area contributed by atoms with Gasteiger partial charge in [0, 0.05) is 43.1 Å². The second-order valence-electron chi connectivity index (χ2n) is 7.53. The molecule has 0 radical (unpaired) electrons. The zero-order valence-electron chi connectivity index (χ0n) is 17.1. The fourth-order valence-corrected chi connectivity index (χ4v) is 6.20. The fraction of sp³-hybridized carbons (Fsp3) is 0.450. The Hall–Kier alpha value is -2.30. The van der Waals surface area contributed by atoms with E-state index in [1.807, 2.05) is 24.4 Å². The van der Waals surface area contributed by atoms with Gasteiger partial charge in [-0.25, -0.2) is 8.42 Å². The molecule has 2 heterocycles. The molecule has 0 saturated carbocycles. The summed E-state index contributed by atoms with van der Waals surface area (Å²) < 4.78 is 27.5. The molecule has 1 aliphatic heterocycles. The first-order valence-corrected chi connectivity index (χ1v) is 12.0. The molecule has 0 spiro atoms. The molecule has 1 atom stereocenters. The number of aryl methyl sites for hydroxylation is 1. The Balaban J connectivity index is 1.70. The van der Waals surface area contributed by atoms with Crippen molar-refractivity contribution in [3.63, 3.8) is 0 Å². The Labute approximate surface area is 180 Å². The number of amides is 1. The molecule has 1 aromatic heterocycles. The van der Waals surface area contributed by atoms with Crippen LogP contribution >= 0.6 is 11.3 Å². The van der Waals surface area contributed by atoms with Crippen molar-refractivity contribution in [3.05, 3.63) is 56.3 Å². The maximum Gasteiger partial charge on any atom is 0.270 e. The lowest BCUT2D eigenvalue weighted by atomic mass is 9.96. The molecule has 3 rings (SSSR count). The van der Waals surface area contributed by atoms with E-state index in [9.17, 15) is 23.3 Å². The number of nitrogens with zero attached hydrogens (tertiary/aromatic N) is 3. The highest BCUT2D eigenvalue weighted by Crippen LogP contribution is 2.31. The quantitative estimate of drug-likeness (QED) is 0.493. The van der Waals surface area contributed by atoms with Crippen molar-refractivity contribution < 1.29 is 18.1 Å². The van der Waals surface area contributed by atoms with Crippen molar-refractivity contribution in [3.8, 4) is 0 Å². The van der Waals surface area contributed by atoms with Gasteiger partial charge in [-0.1, -0.05) is 12.1 Å². The van der Waals surface area contributed by atoms with Crippen molar-refractivity contribution in [2.75, 3.05) is 20.1 Å². The van der Waals surface area contributed by atoms with Crippen molar-refractivity contribution in [2.45, 2.75) is 37.6 Å². The molecular formula is C20H25N3O5S2. The number of piperidine rings is 1. The highest BCUT2D eigenvalue weighted by molar-refractivity contribution is 7.89. The number of rotatable bonds is 6. The predicted octanol–water partition coefficient (Wildman–Crippen LogP) is 3.59. The van der Waals surface area contributed by atoms with E-state index in [2.05, 4.69) is 0 Å². The molecule has 1 saturated heterocycles. The minimum Gasteiger partial charge on any atom is -0.338 e. The van der Waals surface area contributed by atoms with Gasteiger partial charge in [0.15, 0.2) is 0 Å². The third-order valence-electron chi connectivity index (χ3n) is 5.69. The summed E-state index contributed by atoms with van der Waals surface area (Å²) in [4.78, 5) is 26.1. The highest BCUT2D eigenvalue weighted by Gasteiger charge is 2.35. The molecule has 162 valence electrons. The van der Waals surface area contributed by atoms with E-state index < -0.39 is 14.9 Å². The van der Waals surface area contributed by atoms with Gasteiger partial charge < -0.3 is 4.90 Å². The van der Waals surface area contributed by atoms with Gasteiger partial charge in [-0.2, -0.15) is 4.31 Å². The minimum atomic E-state index is -3.86. The first-order valence-electron chi connectivity index (χ1n) is 9.68. The lowest BCUT2D eigenvalue weighted by Crippen LogP contribution is -2.44. The lowest BCUT2D eigenvalue weighted by molar-refractivity contribution is -0.385. The number of carbonyl (C=O) groups is 1. The molecule has 8 nitrogen and oxygen atoms in total. The van der Waals surface area contributed by atoms with Gasteiger partial charge in [0.25, 0.3) is 5.69 Å². The van der Waals surface area contributed by atoms with Gasteiger partial charge >= 0.3 is 0 Å². The van der Waals surface area contributed by atoms with Gasteiger partial charge in [0.2, 0.25) is 15.9 Å². The zero-order chi connectivity index (χ0) is 22.1. The van der Waals surface area contributed by atoms with Crippen LogP contribution in [0.15, 0.2) is 40.6 Å². The van der Waals surface area contributed by atoms with Crippen molar-refractivity contribution in [2.24, 2.45) is 5.92 Å². The smallest absolute Gasteiger partial charge is 0.270 e. The summed E-state index contributed by atoms with van der Waals surface area (Å²) in [7, 11) is -2.08. The van der Waals surface area contributed by atoms with E-state index in [1.165, 1.54) is 16.4 Å². The maximum absolute atomic E-state index is 13.1. The summed E-state index contributed by atoms with van der Waals surface area (Å²) in [5.41, 5.74) is 0.205. The molecular weight excluding hydrogens is 426 g/mol. The maximum atomic E-state index is 13.1. The number of benzene rings is 1. The third kappa shape index (κ3) is 4.40. The summed E-state index contributed by atoms with van der Waals surface area (Å²) in [6, 6.07) is 7.76. The Morgan fingerprint density at radius 3 is 2.53 bits per heavy atom. The second kappa shape index (κ2) is 8.83. The van der Waals surface area contributed by atoms with Crippen LogP contribution in [0.1, 0.15) is 36.2 Å². The molecule has 1 unspecified atom stereocenters. The number of sulfonamides is 1. The van der Waals surface area contributed by atoms with Crippen LogP contribution in [-0.2, 0) is 14.8 Å². The molecule has 1 aliphatic rings. The van der Waals surface area contributed by atoms with Crippen LogP contribution in [0, 0.1) is 23.0 Å². The first kappa shape index (κ1) is 22.4. The van der Waals surface area contributed by atoms with Gasteiger partial charge in [0.1, 0.15) is 0 Å². The number of carbonyl (C=O) groups excluding carboxylic acids is 1. The summed E-state index contributed by atoms with van der Waals surface area (Å²) >= 11 is 1.60. The normalized spacial score (nSPS) is 16.9. The zero-order valence-corrected chi connectivity index (χ0v) is 18.8. The van der Waals surface area contributed by atoms with E-state index in [0.717, 1.165) is 10.9 Å². The molecule has 10 heteroatoms. The van der Waals surface area contributed by atoms with E-state index in [-0.39, 0.29) is 41.5 Å². The Kier molecular flexibility index (Phi) is 6.59. The van der Waals surface area contributed by atoms with Gasteiger partial charge in [-0.05, 0) is 43.7 Å². The van der Waals surface area contributed by atoms with Gasteiger partial charge in [0.05, 0.1) is 15.9 Å². The molecule has 0 aliphatic carbocycles. The van der Waals surface area contributed by atoms with Crippen LogP contribution in [-0.4, -0.2) is 48.6 Å². The largest absolute Gasteiger partial charge is 0.338 e. The van der Waals surface area contributed by atoms with Crippen LogP contribution in [0.5, 0.6) is 0 Å². The van der Waals surface area contributed by atoms with Gasteiger partial charge in [-0.3, -0.25) is 14.9 Å². The average molecular weight is 452 g/mol. The number of nitro benzene ring substituents is 1. The molecule has 30 heavy (non-hydrogen) atoms. The Morgan fingerprint density at radius 2 is 1.97 bits per heavy atom. The minimum absolute atomic E-state index is 0.0134. The number of thiophene rings is 1. The van der Waals surface area contributed by atoms with Crippen LogP contribution in [0.3, 0.4) is 0 Å². The fourth-order valence-electron chi connectivity index (χ4n) is 3.66. The average Bonchev–Trinajstić information content (AvgIpc) is 3.27. The molecule has 1 fully saturated rings. The van der Waals surface area contributed by atoms with E-state index in [1.54, 1.807) is 30.2 Å². The van der Waals surface area contributed by atoms with Crippen molar-refractivity contribution >= 4 is 33.0 Å². The number of hydrogen-bond donors (Lipinski definition) is 0. The SMILES string of the molecule is Cc1ccc([N+](=O)[O-])cc1S(=O)(=O)N1CCC(C(=O)N(C)C(C)c2cccs2)CC1. The monoisotopic (exact) mass is 451 g/mol. The van der Waals surface area contributed by atoms with Crippen LogP contribution in [0.2, 0.25) is 0 Å². The van der Waals surface area contributed by atoms with Crippen LogP contribution in [0.4, 0.5) is 5.69 Å². The van der Waals surface area contributed by atoms with Crippen molar-refractivity contribution in [1.82, 2.24) is 9.21 Å². The highest BCUT2D eigenvalue weighted by atomic mass is 32.2. The molecule has 0 bridgehead atoms. The molecule has 1 amide bonds. The van der Waals surface area contributed by atoms with E-state index >= 15 is 0 Å². The summed E-state index contributed by atoms with van der Waals surface area (Å²) in [5, 5.41) is 13.0. The topological polar surface area (TPSA) is 101 Å². The number of non-ortho nitro benzene ring substituents is 1. The van der Waals surface area contributed by atoms with Gasteiger partial charge in [-0.15, -0.1) is 11.3 Å². The lowest BCUT2D eigenvalue weighted by Gasteiger charge is -2.34. The molecule has 1 aromatic carbocycles. The van der Waals surface area contributed by atoms with Crippen LogP contribution < -0.4 is 0 Å². The Morgan fingerprint density at radius 1 is 1.30 bits per heavy atom. The first-order chi connectivity index (χ1) is 14.1. The Bertz CT molecular complexity index is 1030.